The second kappa shape index (κ2) is 5.68. The van der Waals surface area contributed by atoms with Crippen molar-refractivity contribution in [3.8, 4) is 0 Å². The molecule has 1 atom stereocenters. The predicted octanol–water partition coefficient (Wildman–Crippen LogP) is 3.35. The maximum Gasteiger partial charge on any atom is 0.416 e. The molecule has 0 bridgehead atoms. The Kier molecular flexibility index (Phi) is 4.15. The highest BCUT2D eigenvalue weighted by Crippen LogP contribution is 2.30. The zero-order valence-corrected chi connectivity index (χ0v) is 10.9. The van der Waals surface area contributed by atoms with Crippen LogP contribution in [-0.4, -0.2) is 0 Å². The van der Waals surface area contributed by atoms with Crippen LogP contribution >= 0.6 is 0 Å². The van der Waals surface area contributed by atoms with Crippen molar-refractivity contribution in [3.63, 3.8) is 0 Å². The first-order valence-corrected chi connectivity index (χ1v) is 6.07. The van der Waals surface area contributed by atoms with E-state index in [-0.39, 0.29) is 6.04 Å². The van der Waals surface area contributed by atoms with Crippen molar-refractivity contribution >= 4 is 0 Å². The van der Waals surface area contributed by atoms with Crippen LogP contribution in [0.25, 0.3) is 0 Å². The van der Waals surface area contributed by atoms with E-state index < -0.39 is 11.7 Å². The van der Waals surface area contributed by atoms with Crippen molar-refractivity contribution in [2.24, 2.45) is 5.84 Å². The molecule has 0 saturated heterocycles. The summed E-state index contributed by atoms with van der Waals surface area (Å²) in [6.07, 6.45) is -2.44. The number of nitrogens with one attached hydrogen (secondary N) is 1. The molecule has 20 heavy (non-hydrogen) atoms. The Morgan fingerprint density at radius 1 is 1.30 bits per heavy atom. The maximum atomic E-state index is 12.7. The Morgan fingerprint density at radius 2 is 2.05 bits per heavy atom. The van der Waals surface area contributed by atoms with Crippen LogP contribution in [0.15, 0.2) is 41.0 Å². The smallest absolute Gasteiger partial charge is 0.416 e. The highest BCUT2D eigenvalue weighted by Gasteiger charge is 2.30. The van der Waals surface area contributed by atoms with Crippen LogP contribution in [0.5, 0.6) is 0 Å². The molecule has 1 heterocycles. The number of hydrogen-bond donors (Lipinski definition) is 2. The fraction of sp³-hybridized carbons (Fsp3) is 0.286. The number of nitrogens with two attached hydrogens (primary N) is 1. The van der Waals surface area contributed by atoms with E-state index in [2.05, 4.69) is 5.43 Å². The SMILES string of the molecule is Cc1cc(C(Cc2cccc(C(F)(F)F)c2)NN)co1. The molecule has 1 aromatic heterocycles. The van der Waals surface area contributed by atoms with E-state index in [0.717, 1.165) is 23.5 Å². The van der Waals surface area contributed by atoms with Crippen molar-refractivity contribution in [2.45, 2.75) is 25.6 Å². The quantitative estimate of drug-likeness (QED) is 0.668. The topological polar surface area (TPSA) is 51.2 Å². The Balaban J connectivity index is 2.20. The molecule has 0 amide bonds. The number of aryl methyl sites for hydroxylation is 1. The van der Waals surface area contributed by atoms with Gasteiger partial charge in [-0.1, -0.05) is 18.2 Å². The van der Waals surface area contributed by atoms with Crippen molar-refractivity contribution < 1.29 is 17.6 Å². The van der Waals surface area contributed by atoms with Crippen LogP contribution in [0.3, 0.4) is 0 Å². The number of alkyl halides is 3. The Hall–Kier alpha value is -1.79. The van der Waals surface area contributed by atoms with Crippen LogP contribution in [-0.2, 0) is 12.6 Å². The summed E-state index contributed by atoms with van der Waals surface area (Å²) in [7, 11) is 0. The molecule has 2 aromatic rings. The van der Waals surface area contributed by atoms with Gasteiger partial charge in [-0.25, -0.2) is 0 Å². The van der Waals surface area contributed by atoms with Crippen LogP contribution in [0, 0.1) is 6.92 Å². The van der Waals surface area contributed by atoms with Crippen molar-refractivity contribution in [3.05, 3.63) is 59.0 Å². The molecule has 0 spiro atoms. The number of hydrazine groups is 1. The number of rotatable bonds is 4. The van der Waals surface area contributed by atoms with Gasteiger partial charge in [-0.15, -0.1) is 0 Å². The minimum Gasteiger partial charge on any atom is -0.469 e. The van der Waals surface area contributed by atoms with E-state index in [1.54, 1.807) is 25.3 Å². The fourth-order valence-electron chi connectivity index (χ4n) is 2.03. The highest BCUT2D eigenvalue weighted by molar-refractivity contribution is 5.28. The fourth-order valence-corrected chi connectivity index (χ4v) is 2.03. The molecule has 3 nitrogen and oxygen atoms in total. The first-order chi connectivity index (χ1) is 9.40. The second-order valence-corrected chi connectivity index (χ2v) is 4.61. The highest BCUT2D eigenvalue weighted by atomic mass is 19.4. The van der Waals surface area contributed by atoms with Crippen LogP contribution < -0.4 is 11.3 Å². The Bertz CT molecular complexity index is 578. The van der Waals surface area contributed by atoms with Crippen LogP contribution in [0.4, 0.5) is 13.2 Å². The lowest BCUT2D eigenvalue weighted by atomic mass is 10.00. The molecular weight excluding hydrogens is 269 g/mol. The van der Waals surface area contributed by atoms with Gasteiger partial charge in [0.2, 0.25) is 0 Å². The second-order valence-electron chi connectivity index (χ2n) is 4.61. The van der Waals surface area contributed by atoms with E-state index in [1.165, 1.54) is 6.07 Å². The van der Waals surface area contributed by atoms with Gasteiger partial charge in [0.05, 0.1) is 17.9 Å². The zero-order chi connectivity index (χ0) is 14.8. The van der Waals surface area contributed by atoms with Gasteiger partial charge in [-0.2, -0.15) is 13.2 Å². The molecule has 0 aliphatic rings. The zero-order valence-electron chi connectivity index (χ0n) is 10.9. The largest absolute Gasteiger partial charge is 0.469 e. The first kappa shape index (κ1) is 14.6. The Labute approximate surface area is 114 Å². The standard InChI is InChI=1S/C14H15F3N2O/c1-9-5-11(8-20-9)13(19-18)7-10-3-2-4-12(6-10)14(15,16)17/h2-6,8,13,19H,7,18H2,1H3. The van der Waals surface area contributed by atoms with Crippen LogP contribution in [0.2, 0.25) is 0 Å². The van der Waals surface area contributed by atoms with Gasteiger partial charge in [0.25, 0.3) is 0 Å². The van der Waals surface area contributed by atoms with E-state index in [1.807, 2.05) is 0 Å². The van der Waals surface area contributed by atoms with Gasteiger partial charge in [0.1, 0.15) is 5.76 Å². The molecule has 1 unspecified atom stereocenters. The van der Waals surface area contributed by atoms with E-state index in [0.29, 0.717) is 12.0 Å². The molecule has 1 aromatic carbocycles. The summed E-state index contributed by atoms with van der Waals surface area (Å²) < 4.78 is 43.2. The predicted molar refractivity (Wildman–Crippen MR) is 68.7 cm³/mol. The van der Waals surface area contributed by atoms with Gasteiger partial charge in [-0.3, -0.25) is 11.3 Å². The third kappa shape index (κ3) is 3.40. The molecule has 108 valence electrons. The summed E-state index contributed by atoms with van der Waals surface area (Å²) >= 11 is 0. The monoisotopic (exact) mass is 284 g/mol. The van der Waals surface area contributed by atoms with Gasteiger partial charge < -0.3 is 4.42 Å². The average molecular weight is 284 g/mol. The van der Waals surface area contributed by atoms with Crippen molar-refractivity contribution in [1.82, 2.24) is 5.43 Å². The third-order valence-corrected chi connectivity index (χ3v) is 3.05. The molecule has 0 fully saturated rings. The van der Waals surface area contributed by atoms with Gasteiger partial charge in [0, 0.05) is 5.56 Å². The number of halogens is 3. The number of benzene rings is 1. The lowest BCUT2D eigenvalue weighted by Crippen LogP contribution is -2.29. The molecule has 0 saturated carbocycles. The van der Waals surface area contributed by atoms with Gasteiger partial charge in [0.15, 0.2) is 0 Å². The molecule has 6 heteroatoms. The van der Waals surface area contributed by atoms with E-state index >= 15 is 0 Å². The summed E-state index contributed by atoms with van der Waals surface area (Å²) in [6.45, 7) is 1.79. The lowest BCUT2D eigenvalue weighted by molar-refractivity contribution is -0.137. The molecule has 0 aliphatic carbocycles. The van der Waals surface area contributed by atoms with Crippen molar-refractivity contribution in [1.29, 1.82) is 0 Å². The minimum absolute atomic E-state index is 0.295. The minimum atomic E-state index is -4.34. The number of furan rings is 1. The molecule has 0 aliphatic heterocycles. The maximum absolute atomic E-state index is 12.7. The first-order valence-electron chi connectivity index (χ1n) is 6.07. The summed E-state index contributed by atoms with van der Waals surface area (Å²) in [6, 6.07) is 6.74. The normalized spacial score (nSPS) is 13.4. The third-order valence-electron chi connectivity index (χ3n) is 3.05. The average Bonchev–Trinajstić information content (AvgIpc) is 2.82. The summed E-state index contributed by atoms with van der Waals surface area (Å²) in [4.78, 5) is 0. The van der Waals surface area contributed by atoms with E-state index in [9.17, 15) is 13.2 Å². The van der Waals surface area contributed by atoms with E-state index in [4.69, 9.17) is 10.3 Å². The summed E-state index contributed by atoms with van der Waals surface area (Å²) in [5.74, 6) is 6.20. The van der Waals surface area contributed by atoms with Gasteiger partial charge >= 0.3 is 6.18 Å². The molecule has 3 N–H and O–H groups in total. The molecular formula is C14H15F3N2O. The number of hydrogen-bond acceptors (Lipinski definition) is 3. The van der Waals surface area contributed by atoms with Crippen LogP contribution in [0.1, 0.15) is 28.5 Å². The molecule has 0 radical (unpaired) electrons. The lowest BCUT2D eigenvalue weighted by Gasteiger charge is -2.15. The van der Waals surface area contributed by atoms with Crippen molar-refractivity contribution in [2.75, 3.05) is 0 Å². The molecule has 2 rings (SSSR count). The Morgan fingerprint density at radius 3 is 2.60 bits per heavy atom. The summed E-state index contributed by atoms with van der Waals surface area (Å²) in [5, 5.41) is 0. The van der Waals surface area contributed by atoms with Gasteiger partial charge in [-0.05, 0) is 31.0 Å². The summed E-state index contributed by atoms with van der Waals surface area (Å²) in [5.41, 5.74) is 3.30.